The van der Waals surface area contributed by atoms with Gasteiger partial charge in [-0.1, -0.05) is 13.8 Å². The van der Waals surface area contributed by atoms with E-state index in [1.807, 2.05) is 0 Å². The normalized spacial score (nSPS) is 27.7. The summed E-state index contributed by atoms with van der Waals surface area (Å²) in [5.74, 6) is 0.335. The summed E-state index contributed by atoms with van der Waals surface area (Å²) in [5.41, 5.74) is 0.707. The van der Waals surface area contributed by atoms with Crippen molar-refractivity contribution in [2.75, 3.05) is 0 Å². The zero-order valence-electron chi connectivity index (χ0n) is 11.6. The summed E-state index contributed by atoms with van der Waals surface area (Å²) >= 11 is 0. The number of halogens is 1. The molecule has 1 fully saturated rings. The van der Waals surface area contributed by atoms with Gasteiger partial charge in [-0.05, 0) is 49.3 Å². The van der Waals surface area contributed by atoms with Crippen LogP contribution in [0.4, 0.5) is 4.39 Å². The highest BCUT2D eigenvalue weighted by Gasteiger charge is 2.44. The quantitative estimate of drug-likeness (QED) is 0.768. The molecule has 104 valence electrons. The number of ether oxygens (including phenoxy) is 1. The van der Waals surface area contributed by atoms with E-state index in [1.165, 1.54) is 12.1 Å². The fourth-order valence-corrected chi connectivity index (χ4v) is 3.30. The minimum atomic E-state index is -0.610. The molecule has 1 atom stereocenters. The molecule has 1 heterocycles. The van der Waals surface area contributed by atoms with Crippen molar-refractivity contribution < 1.29 is 14.2 Å². The van der Waals surface area contributed by atoms with Gasteiger partial charge in [0, 0.05) is 12.0 Å². The van der Waals surface area contributed by atoms with Crippen LogP contribution in [0.15, 0.2) is 18.2 Å². The van der Waals surface area contributed by atoms with E-state index in [0.717, 1.165) is 25.7 Å². The predicted octanol–water partition coefficient (Wildman–Crippen LogP) is 3.98. The van der Waals surface area contributed by atoms with Gasteiger partial charge in [-0.25, -0.2) is 4.39 Å². The van der Waals surface area contributed by atoms with Gasteiger partial charge in [-0.3, -0.25) is 0 Å². The number of hydrogen-bond donors (Lipinski definition) is 1. The molecule has 1 spiro atoms. The number of hydrogen-bond acceptors (Lipinski definition) is 2. The molecule has 1 aromatic rings. The molecule has 0 saturated heterocycles. The average Bonchev–Trinajstić information content (AvgIpc) is 2.35. The Kier molecular flexibility index (Phi) is 2.86. The van der Waals surface area contributed by atoms with Crippen LogP contribution in [-0.2, 0) is 0 Å². The van der Waals surface area contributed by atoms with Crippen molar-refractivity contribution in [2.45, 2.75) is 57.7 Å². The van der Waals surface area contributed by atoms with E-state index in [1.54, 1.807) is 6.07 Å². The zero-order chi connectivity index (χ0) is 13.7. The molecule has 1 aromatic carbocycles. The molecule has 2 aliphatic rings. The summed E-state index contributed by atoms with van der Waals surface area (Å²) in [7, 11) is 0. The van der Waals surface area contributed by atoms with Crippen LogP contribution < -0.4 is 4.74 Å². The van der Waals surface area contributed by atoms with E-state index < -0.39 is 6.10 Å². The maximum Gasteiger partial charge on any atom is 0.126 e. The summed E-state index contributed by atoms with van der Waals surface area (Å²) in [5, 5.41) is 10.3. The third-order valence-corrected chi connectivity index (χ3v) is 4.74. The Morgan fingerprint density at radius 2 is 1.89 bits per heavy atom. The third kappa shape index (κ3) is 2.36. The Hall–Kier alpha value is -1.09. The van der Waals surface area contributed by atoms with Gasteiger partial charge in [0.25, 0.3) is 0 Å². The summed E-state index contributed by atoms with van der Waals surface area (Å²) in [4.78, 5) is 0. The van der Waals surface area contributed by atoms with E-state index in [4.69, 9.17) is 4.74 Å². The second-order valence-corrected chi connectivity index (χ2v) is 6.85. The first-order valence-electron chi connectivity index (χ1n) is 7.06. The number of rotatable bonds is 0. The van der Waals surface area contributed by atoms with Crippen molar-refractivity contribution in [3.05, 3.63) is 29.6 Å². The largest absolute Gasteiger partial charge is 0.487 e. The fraction of sp³-hybridized carbons (Fsp3) is 0.625. The van der Waals surface area contributed by atoms with E-state index in [9.17, 15) is 9.50 Å². The Labute approximate surface area is 113 Å². The Bertz CT molecular complexity index is 486. The SMILES string of the molecule is CC1(C)CCC2(CC1)CC(O)c1cc(F)ccc1O2. The second-order valence-electron chi connectivity index (χ2n) is 6.85. The van der Waals surface area contributed by atoms with Gasteiger partial charge >= 0.3 is 0 Å². The molecule has 1 aliphatic heterocycles. The minimum Gasteiger partial charge on any atom is -0.487 e. The first-order valence-corrected chi connectivity index (χ1v) is 7.06. The lowest BCUT2D eigenvalue weighted by atomic mass is 9.68. The van der Waals surface area contributed by atoms with Gasteiger partial charge in [0.1, 0.15) is 17.2 Å². The average molecular weight is 264 g/mol. The van der Waals surface area contributed by atoms with E-state index >= 15 is 0 Å². The lowest BCUT2D eigenvalue weighted by molar-refractivity contribution is -0.0577. The van der Waals surface area contributed by atoms with Gasteiger partial charge in [0.05, 0.1) is 6.10 Å². The number of aliphatic hydroxyl groups excluding tert-OH is 1. The Morgan fingerprint density at radius 1 is 1.21 bits per heavy atom. The van der Waals surface area contributed by atoms with Crippen molar-refractivity contribution in [2.24, 2.45) is 5.41 Å². The van der Waals surface area contributed by atoms with E-state index in [0.29, 0.717) is 23.1 Å². The molecule has 0 aromatic heterocycles. The van der Waals surface area contributed by atoms with Gasteiger partial charge in [0.2, 0.25) is 0 Å². The predicted molar refractivity (Wildman–Crippen MR) is 71.6 cm³/mol. The molecule has 0 bridgehead atoms. The lowest BCUT2D eigenvalue weighted by Gasteiger charge is -2.47. The molecule has 0 amide bonds. The minimum absolute atomic E-state index is 0.250. The number of fused-ring (bicyclic) bond motifs is 1. The van der Waals surface area contributed by atoms with Crippen LogP contribution >= 0.6 is 0 Å². The van der Waals surface area contributed by atoms with Gasteiger partial charge in [0.15, 0.2) is 0 Å². The van der Waals surface area contributed by atoms with E-state index in [2.05, 4.69) is 13.8 Å². The van der Waals surface area contributed by atoms with Crippen molar-refractivity contribution in [3.8, 4) is 5.75 Å². The maximum atomic E-state index is 13.2. The molecule has 1 aliphatic carbocycles. The van der Waals surface area contributed by atoms with Gasteiger partial charge in [-0.15, -0.1) is 0 Å². The highest BCUT2D eigenvalue weighted by Crippen LogP contribution is 2.49. The van der Waals surface area contributed by atoms with Crippen molar-refractivity contribution in [3.63, 3.8) is 0 Å². The monoisotopic (exact) mass is 264 g/mol. The molecule has 2 nitrogen and oxygen atoms in total. The molecule has 1 unspecified atom stereocenters. The third-order valence-electron chi connectivity index (χ3n) is 4.74. The number of aliphatic hydroxyl groups is 1. The molecular formula is C16H21FO2. The Morgan fingerprint density at radius 3 is 2.58 bits per heavy atom. The molecular weight excluding hydrogens is 243 g/mol. The van der Waals surface area contributed by atoms with Crippen LogP contribution in [0.3, 0.4) is 0 Å². The molecule has 3 heteroatoms. The fourth-order valence-electron chi connectivity index (χ4n) is 3.30. The van der Waals surface area contributed by atoms with Crippen molar-refractivity contribution in [1.82, 2.24) is 0 Å². The van der Waals surface area contributed by atoms with Crippen molar-refractivity contribution >= 4 is 0 Å². The molecule has 3 rings (SSSR count). The molecule has 1 saturated carbocycles. The highest BCUT2D eigenvalue weighted by molar-refractivity contribution is 5.38. The number of benzene rings is 1. The smallest absolute Gasteiger partial charge is 0.126 e. The Balaban J connectivity index is 1.87. The summed E-state index contributed by atoms with van der Waals surface area (Å²) in [6.45, 7) is 4.56. The summed E-state index contributed by atoms with van der Waals surface area (Å²) in [6, 6.07) is 4.44. The lowest BCUT2D eigenvalue weighted by Crippen LogP contribution is -2.45. The van der Waals surface area contributed by atoms with E-state index in [-0.39, 0.29) is 11.4 Å². The van der Waals surface area contributed by atoms with Crippen molar-refractivity contribution in [1.29, 1.82) is 0 Å². The first kappa shape index (κ1) is 12.9. The van der Waals surface area contributed by atoms with Crippen LogP contribution in [-0.4, -0.2) is 10.7 Å². The van der Waals surface area contributed by atoms with Gasteiger partial charge < -0.3 is 9.84 Å². The van der Waals surface area contributed by atoms with Crippen LogP contribution in [0.5, 0.6) is 5.75 Å². The topological polar surface area (TPSA) is 29.5 Å². The van der Waals surface area contributed by atoms with Gasteiger partial charge in [-0.2, -0.15) is 0 Å². The van der Waals surface area contributed by atoms with Crippen LogP contribution in [0.2, 0.25) is 0 Å². The first-order chi connectivity index (χ1) is 8.89. The van der Waals surface area contributed by atoms with Crippen LogP contribution in [0.1, 0.15) is 57.6 Å². The summed E-state index contributed by atoms with van der Waals surface area (Å²) < 4.78 is 19.4. The molecule has 19 heavy (non-hydrogen) atoms. The standard InChI is InChI=1S/C16H21FO2/c1-15(2)5-7-16(8-6-15)10-13(18)12-9-11(17)3-4-14(12)19-16/h3-4,9,13,18H,5-8,10H2,1-2H3. The summed E-state index contributed by atoms with van der Waals surface area (Å²) in [6.07, 6.45) is 4.12. The zero-order valence-corrected chi connectivity index (χ0v) is 11.6. The van der Waals surface area contributed by atoms with Crippen LogP contribution in [0, 0.1) is 11.2 Å². The van der Waals surface area contributed by atoms with Crippen LogP contribution in [0.25, 0.3) is 0 Å². The molecule has 0 radical (unpaired) electrons. The molecule has 1 N–H and O–H groups in total. The highest BCUT2D eigenvalue weighted by atomic mass is 19.1. The maximum absolute atomic E-state index is 13.2. The second kappa shape index (κ2) is 4.20.